The normalized spacial score (nSPS) is 11.4. The Labute approximate surface area is 139 Å². The van der Waals surface area contributed by atoms with Crippen LogP contribution in [0.2, 0.25) is 16.6 Å². The van der Waals surface area contributed by atoms with Gasteiger partial charge in [-0.1, -0.05) is 58.2 Å². The first-order chi connectivity index (χ1) is 9.38. The van der Waals surface area contributed by atoms with Crippen molar-refractivity contribution in [3.8, 4) is 0 Å². The molecule has 0 heterocycles. The van der Waals surface area contributed by atoms with Crippen molar-refractivity contribution in [2.75, 3.05) is 37.9 Å². The molecule has 0 aliphatic carbocycles. The maximum atomic E-state index is 5.10. The maximum Gasteiger partial charge on any atom is 0.0700 e. The zero-order chi connectivity index (χ0) is 16.0. The molecule has 0 fully saturated rings. The molecule has 0 N–H and O–H groups in total. The molecule has 0 spiro atoms. The van der Waals surface area contributed by atoms with Gasteiger partial charge in [-0.3, -0.25) is 0 Å². The van der Waals surface area contributed by atoms with Crippen LogP contribution >= 0.6 is 25.3 Å². The van der Waals surface area contributed by atoms with Crippen LogP contribution in [0, 0.1) is 0 Å². The number of ether oxygens (including phenoxy) is 2. The van der Waals surface area contributed by atoms with Crippen LogP contribution < -0.4 is 0 Å². The largest absolute Gasteiger partial charge is 0.378 e. The highest BCUT2D eigenvalue weighted by molar-refractivity contribution is 7.80. The zero-order valence-electron chi connectivity index (χ0n) is 14.3. The second-order valence-corrected chi connectivity index (χ2v) is 12.0. The Kier molecular flexibility index (Phi) is 18.7. The lowest BCUT2D eigenvalue weighted by Gasteiger charge is -2.26. The van der Waals surface area contributed by atoms with Gasteiger partial charge in [-0.15, -0.1) is 0 Å². The predicted octanol–water partition coefficient (Wildman–Crippen LogP) is 4.32. The molecule has 0 atom stereocenters. The molecule has 5 heteroatoms. The highest BCUT2D eigenvalue weighted by Gasteiger charge is 2.22. The van der Waals surface area contributed by atoms with Gasteiger partial charge in [0.05, 0.1) is 26.4 Å². The third-order valence-electron chi connectivity index (χ3n) is 3.15. The van der Waals surface area contributed by atoms with Crippen molar-refractivity contribution in [1.82, 2.24) is 0 Å². The number of hydrogen-bond acceptors (Lipinski definition) is 4. The molecular weight excluding hydrogens is 304 g/mol. The average Bonchev–Trinajstić information content (AvgIpc) is 2.33. The van der Waals surface area contributed by atoms with Gasteiger partial charge in [0.1, 0.15) is 0 Å². The van der Waals surface area contributed by atoms with E-state index in [1.165, 1.54) is 0 Å². The van der Waals surface area contributed by atoms with Gasteiger partial charge >= 0.3 is 0 Å². The van der Waals surface area contributed by atoms with E-state index in [4.69, 9.17) is 9.47 Å². The van der Waals surface area contributed by atoms with Gasteiger partial charge in [0.15, 0.2) is 0 Å². The van der Waals surface area contributed by atoms with E-state index in [-0.39, 0.29) is 0 Å². The van der Waals surface area contributed by atoms with E-state index in [9.17, 15) is 0 Å². The minimum atomic E-state index is -0.454. The Morgan fingerprint density at radius 1 is 0.650 bits per heavy atom. The van der Waals surface area contributed by atoms with Crippen molar-refractivity contribution in [1.29, 1.82) is 0 Å². The molecular formula is C15H36O2S2Si. The molecule has 124 valence electrons. The number of hydrogen-bond donors (Lipinski definition) is 2. The molecule has 0 unspecified atom stereocenters. The van der Waals surface area contributed by atoms with Crippen LogP contribution in [-0.4, -0.2) is 46.7 Å². The smallest absolute Gasteiger partial charge is 0.0700 e. The Morgan fingerprint density at radius 3 is 1.10 bits per heavy atom. The first-order valence-corrected chi connectivity index (χ1v) is 11.0. The van der Waals surface area contributed by atoms with Crippen LogP contribution in [0.25, 0.3) is 0 Å². The number of rotatable bonds is 10. The summed E-state index contributed by atoms with van der Waals surface area (Å²) in [4.78, 5) is 0. The summed E-state index contributed by atoms with van der Waals surface area (Å²) >= 11 is 7.97. The standard InChI is InChI=1S/C9H22Si.C6H14O2S2/c1-7(2)10(8(3)4)9(5)6;9-5-3-7-1-2-8-4-6-10/h7-10H,1-6H3;9-10H,1-6H2. The summed E-state index contributed by atoms with van der Waals surface area (Å²) < 4.78 is 10.2. The van der Waals surface area contributed by atoms with Gasteiger partial charge < -0.3 is 9.47 Å². The van der Waals surface area contributed by atoms with E-state index in [0.29, 0.717) is 26.4 Å². The monoisotopic (exact) mass is 340 g/mol. The minimum Gasteiger partial charge on any atom is -0.378 e. The topological polar surface area (TPSA) is 18.5 Å². The Bertz CT molecular complexity index is 164. The van der Waals surface area contributed by atoms with E-state index in [1.807, 2.05) is 0 Å². The zero-order valence-corrected chi connectivity index (χ0v) is 17.2. The summed E-state index contributed by atoms with van der Waals surface area (Å²) in [5.41, 5.74) is 2.92. The van der Waals surface area contributed by atoms with Gasteiger partial charge in [0.25, 0.3) is 0 Å². The molecule has 0 aliphatic heterocycles. The Balaban J connectivity index is 0. The van der Waals surface area contributed by atoms with Crippen molar-refractivity contribution in [2.45, 2.75) is 58.2 Å². The molecule has 0 radical (unpaired) electrons. The van der Waals surface area contributed by atoms with Gasteiger partial charge in [-0.25, -0.2) is 0 Å². The molecule has 0 aliphatic rings. The van der Waals surface area contributed by atoms with E-state index in [1.54, 1.807) is 0 Å². The second-order valence-electron chi connectivity index (χ2n) is 5.98. The molecule has 0 aromatic carbocycles. The third kappa shape index (κ3) is 15.2. The third-order valence-corrected chi connectivity index (χ3v) is 8.14. The van der Waals surface area contributed by atoms with Crippen molar-refractivity contribution in [3.05, 3.63) is 0 Å². The summed E-state index contributed by atoms with van der Waals surface area (Å²) in [5.74, 6) is 1.54. The van der Waals surface area contributed by atoms with Crippen LogP contribution in [0.4, 0.5) is 0 Å². The van der Waals surface area contributed by atoms with E-state index in [0.717, 1.165) is 28.1 Å². The van der Waals surface area contributed by atoms with Gasteiger partial charge in [0, 0.05) is 20.3 Å². The molecule has 20 heavy (non-hydrogen) atoms. The molecule has 0 saturated heterocycles. The van der Waals surface area contributed by atoms with Crippen LogP contribution in [0.15, 0.2) is 0 Å². The van der Waals surface area contributed by atoms with Gasteiger partial charge in [-0.2, -0.15) is 25.3 Å². The van der Waals surface area contributed by atoms with Gasteiger partial charge in [-0.05, 0) is 0 Å². The van der Waals surface area contributed by atoms with E-state index >= 15 is 0 Å². The van der Waals surface area contributed by atoms with Gasteiger partial charge in [0.2, 0.25) is 0 Å². The summed E-state index contributed by atoms with van der Waals surface area (Å²) in [6, 6.07) is 0. The van der Waals surface area contributed by atoms with Crippen LogP contribution in [0.1, 0.15) is 41.5 Å². The van der Waals surface area contributed by atoms with E-state index < -0.39 is 8.80 Å². The molecule has 0 amide bonds. The summed E-state index contributed by atoms with van der Waals surface area (Å²) in [6.45, 7) is 17.0. The SMILES string of the molecule is CC(C)[SiH](C(C)C)C(C)C.SCCOCCOCCS. The highest BCUT2D eigenvalue weighted by atomic mass is 32.1. The fraction of sp³-hybridized carbons (Fsp3) is 1.00. The van der Waals surface area contributed by atoms with Crippen molar-refractivity contribution >= 4 is 34.1 Å². The van der Waals surface area contributed by atoms with Crippen LogP contribution in [0.3, 0.4) is 0 Å². The predicted molar refractivity (Wildman–Crippen MR) is 102 cm³/mol. The summed E-state index contributed by atoms with van der Waals surface area (Å²) in [6.07, 6.45) is 0. The fourth-order valence-electron chi connectivity index (χ4n) is 2.76. The second kappa shape index (κ2) is 16.2. The number of thiol groups is 2. The highest BCUT2D eigenvalue weighted by Crippen LogP contribution is 2.28. The quantitative estimate of drug-likeness (QED) is 0.350. The molecule has 0 saturated carbocycles. The lowest BCUT2D eigenvalue weighted by Crippen LogP contribution is -2.24. The van der Waals surface area contributed by atoms with Crippen molar-refractivity contribution in [2.24, 2.45) is 0 Å². The molecule has 0 aromatic rings. The lowest BCUT2D eigenvalue weighted by atomic mass is 10.5. The first-order valence-electron chi connectivity index (χ1n) is 7.75. The van der Waals surface area contributed by atoms with Crippen LogP contribution in [-0.2, 0) is 9.47 Å². The summed E-state index contributed by atoms with van der Waals surface area (Å²) in [7, 11) is -0.454. The Hall–Kier alpha value is 0.837. The molecule has 0 rings (SSSR count). The van der Waals surface area contributed by atoms with Crippen molar-refractivity contribution in [3.63, 3.8) is 0 Å². The fourth-order valence-corrected chi connectivity index (χ4v) is 7.64. The van der Waals surface area contributed by atoms with Crippen LogP contribution in [0.5, 0.6) is 0 Å². The molecule has 0 aromatic heterocycles. The first kappa shape index (κ1) is 23.1. The lowest BCUT2D eigenvalue weighted by molar-refractivity contribution is 0.0606. The van der Waals surface area contributed by atoms with Crippen molar-refractivity contribution < 1.29 is 9.47 Å². The Morgan fingerprint density at radius 2 is 0.950 bits per heavy atom. The minimum absolute atomic E-state index is 0.454. The molecule has 0 bridgehead atoms. The maximum absolute atomic E-state index is 5.10. The molecule has 2 nitrogen and oxygen atoms in total. The van der Waals surface area contributed by atoms with E-state index in [2.05, 4.69) is 66.8 Å². The average molecular weight is 341 g/mol. The summed E-state index contributed by atoms with van der Waals surface area (Å²) in [5, 5.41) is 0.